The molecule has 0 aliphatic rings. The summed E-state index contributed by atoms with van der Waals surface area (Å²) in [6.45, 7) is 10.3. The second-order valence-electron chi connectivity index (χ2n) is 6.41. The van der Waals surface area contributed by atoms with Gasteiger partial charge < -0.3 is 10.3 Å². The fraction of sp³-hybridized carbons (Fsp3) is 0.300. The van der Waals surface area contributed by atoms with Crippen molar-refractivity contribution in [2.24, 2.45) is 0 Å². The molecule has 24 heavy (non-hydrogen) atoms. The first kappa shape index (κ1) is 17.7. The number of aromatic nitrogens is 2. The number of allylic oxidation sites excluding steroid dienone is 4. The molecule has 0 aliphatic heterocycles. The first-order valence-electron chi connectivity index (χ1n) is 8.19. The van der Waals surface area contributed by atoms with Crippen molar-refractivity contribution < 1.29 is 0 Å². The molecule has 0 fully saturated rings. The Kier molecular flexibility index (Phi) is 5.74. The molecule has 2 aromatic rings. The summed E-state index contributed by atoms with van der Waals surface area (Å²) in [6, 6.07) is 5.25. The molecule has 4 heteroatoms. The molecule has 126 valence electrons. The highest BCUT2D eigenvalue weighted by Gasteiger charge is 2.19. The molecule has 2 rings (SSSR count). The summed E-state index contributed by atoms with van der Waals surface area (Å²) < 4.78 is 0. The third-order valence-corrected chi connectivity index (χ3v) is 3.70. The van der Waals surface area contributed by atoms with Crippen LogP contribution in [0.25, 0.3) is 11.0 Å². The molecule has 4 nitrogen and oxygen atoms in total. The Morgan fingerprint density at radius 1 is 1.38 bits per heavy atom. The Morgan fingerprint density at radius 3 is 2.88 bits per heavy atom. The standard InChI is InChI=1S/C20H25N3O/c1-5-7-8-9-15(6-2)14-20(3,4)23-17-12-13-21-19-16(17)10-11-18(24)22-19/h6-13H,2,5,14H2,1,3-4H3,(H2,21,22,23,24)/b8-7-,15-9+. The third-order valence-electron chi connectivity index (χ3n) is 3.70. The van der Waals surface area contributed by atoms with E-state index in [2.05, 4.69) is 60.9 Å². The van der Waals surface area contributed by atoms with Gasteiger partial charge in [0.1, 0.15) is 5.65 Å². The zero-order valence-corrected chi connectivity index (χ0v) is 14.6. The molecule has 0 atom stereocenters. The van der Waals surface area contributed by atoms with Crippen molar-refractivity contribution in [1.29, 1.82) is 0 Å². The number of aromatic amines is 1. The molecule has 0 amide bonds. The van der Waals surface area contributed by atoms with Crippen LogP contribution in [-0.2, 0) is 0 Å². The molecule has 0 aliphatic carbocycles. The Bertz CT molecular complexity index is 828. The van der Waals surface area contributed by atoms with Gasteiger partial charge in [0.2, 0.25) is 5.56 Å². The fourth-order valence-electron chi connectivity index (χ4n) is 2.61. The van der Waals surface area contributed by atoms with Crippen molar-refractivity contribution in [2.75, 3.05) is 5.32 Å². The van der Waals surface area contributed by atoms with Crippen LogP contribution in [0.3, 0.4) is 0 Å². The number of nitrogens with one attached hydrogen (secondary N) is 2. The minimum absolute atomic E-state index is 0.147. The van der Waals surface area contributed by atoms with Gasteiger partial charge in [0, 0.05) is 28.9 Å². The summed E-state index contributed by atoms with van der Waals surface area (Å²) >= 11 is 0. The van der Waals surface area contributed by atoms with E-state index >= 15 is 0 Å². The first-order chi connectivity index (χ1) is 11.4. The molecule has 0 radical (unpaired) electrons. The van der Waals surface area contributed by atoms with Crippen molar-refractivity contribution in [3.05, 3.63) is 71.2 Å². The van der Waals surface area contributed by atoms with Crippen LogP contribution in [0.5, 0.6) is 0 Å². The van der Waals surface area contributed by atoms with Gasteiger partial charge in [0.15, 0.2) is 0 Å². The van der Waals surface area contributed by atoms with Crippen molar-refractivity contribution in [3.63, 3.8) is 0 Å². The number of pyridine rings is 2. The summed E-state index contributed by atoms with van der Waals surface area (Å²) in [5.41, 5.74) is 2.39. The van der Waals surface area contributed by atoms with Crippen molar-refractivity contribution in [2.45, 2.75) is 39.2 Å². The lowest BCUT2D eigenvalue weighted by atomic mass is 9.93. The molecule has 0 unspecified atom stereocenters. The average molecular weight is 323 g/mol. The van der Waals surface area contributed by atoms with Crippen molar-refractivity contribution >= 4 is 16.7 Å². The van der Waals surface area contributed by atoms with E-state index in [0.717, 1.165) is 23.9 Å². The maximum atomic E-state index is 11.4. The number of anilines is 1. The predicted octanol–water partition coefficient (Wildman–Crippen LogP) is 4.58. The Balaban J connectivity index is 2.25. The highest BCUT2D eigenvalue weighted by Crippen LogP contribution is 2.26. The number of H-pyrrole nitrogens is 1. The minimum Gasteiger partial charge on any atom is -0.379 e. The zero-order chi connectivity index (χ0) is 17.6. The number of nitrogens with zero attached hydrogens (tertiary/aromatic N) is 1. The highest BCUT2D eigenvalue weighted by molar-refractivity contribution is 5.88. The van der Waals surface area contributed by atoms with E-state index in [1.807, 2.05) is 12.1 Å². The Morgan fingerprint density at radius 2 is 2.17 bits per heavy atom. The largest absolute Gasteiger partial charge is 0.379 e. The van der Waals surface area contributed by atoms with Crippen LogP contribution in [0.2, 0.25) is 0 Å². The molecular weight excluding hydrogens is 298 g/mol. The van der Waals surface area contributed by atoms with Gasteiger partial charge in [-0.1, -0.05) is 37.8 Å². The van der Waals surface area contributed by atoms with Gasteiger partial charge in [-0.3, -0.25) is 4.79 Å². The van der Waals surface area contributed by atoms with Gasteiger partial charge in [0.25, 0.3) is 0 Å². The molecule has 0 saturated carbocycles. The summed E-state index contributed by atoms with van der Waals surface area (Å²) in [6.07, 6.45) is 11.7. The van der Waals surface area contributed by atoms with Crippen LogP contribution in [0.1, 0.15) is 33.6 Å². The molecule has 2 heterocycles. The molecule has 0 aromatic carbocycles. The van der Waals surface area contributed by atoms with Crippen LogP contribution < -0.4 is 10.9 Å². The third kappa shape index (κ3) is 4.69. The number of hydrogen-bond donors (Lipinski definition) is 2. The monoisotopic (exact) mass is 323 g/mol. The second kappa shape index (κ2) is 7.77. The number of fused-ring (bicyclic) bond motifs is 1. The lowest BCUT2D eigenvalue weighted by Gasteiger charge is -2.28. The lowest BCUT2D eigenvalue weighted by Crippen LogP contribution is -2.31. The highest BCUT2D eigenvalue weighted by atomic mass is 16.1. The quantitative estimate of drug-likeness (QED) is 0.733. The molecule has 0 spiro atoms. The smallest absolute Gasteiger partial charge is 0.249 e. The average Bonchev–Trinajstić information content (AvgIpc) is 2.53. The predicted molar refractivity (Wildman–Crippen MR) is 102 cm³/mol. The Hall–Kier alpha value is -2.62. The summed E-state index contributed by atoms with van der Waals surface area (Å²) in [4.78, 5) is 18.4. The van der Waals surface area contributed by atoms with Gasteiger partial charge >= 0.3 is 0 Å². The van der Waals surface area contributed by atoms with E-state index in [9.17, 15) is 4.79 Å². The maximum absolute atomic E-state index is 11.4. The van der Waals surface area contributed by atoms with E-state index in [0.29, 0.717) is 5.65 Å². The molecular formula is C20H25N3O. The summed E-state index contributed by atoms with van der Waals surface area (Å²) in [5.74, 6) is 0. The number of rotatable bonds is 7. The van der Waals surface area contributed by atoms with Gasteiger partial charge in [0.05, 0.1) is 0 Å². The fourth-order valence-corrected chi connectivity index (χ4v) is 2.61. The van der Waals surface area contributed by atoms with Crippen LogP contribution >= 0.6 is 0 Å². The second-order valence-corrected chi connectivity index (χ2v) is 6.41. The van der Waals surface area contributed by atoms with Crippen LogP contribution in [0.15, 0.2) is 65.6 Å². The molecule has 0 bridgehead atoms. The van der Waals surface area contributed by atoms with Gasteiger partial charge in [-0.2, -0.15) is 0 Å². The van der Waals surface area contributed by atoms with Gasteiger partial charge in [-0.15, -0.1) is 0 Å². The van der Waals surface area contributed by atoms with E-state index < -0.39 is 0 Å². The van der Waals surface area contributed by atoms with E-state index in [1.54, 1.807) is 12.3 Å². The zero-order valence-electron chi connectivity index (χ0n) is 14.6. The van der Waals surface area contributed by atoms with E-state index in [4.69, 9.17) is 0 Å². The van der Waals surface area contributed by atoms with Gasteiger partial charge in [-0.05, 0) is 44.4 Å². The van der Waals surface area contributed by atoms with E-state index in [1.165, 1.54) is 11.6 Å². The summed E-state index contributed by atoms with van der Waals surface area (Å²) in [7, 11) is 0. The minimum atomic E-state index is -0.176. The number of hydrogen-bond acceptors (Lipinski definition) is 3. The molecule has 0 saturated heterocycles. The summed E-state index contributed by atoms with van der Waals surface area (Å²) in [5, 5.41) is 4.46. The first-order valence-corrected chi connectivity index (χ1v) is 8.19. The van der Waals surface area contributed by atoms with Crippen LogP contribution in [0.4, 0.5) is 5.69 Å². The van der Waals surface area contributed by atoms with E-state index in [-0.39, 0.29) is 11.1 Å². The lowest BCUT2D eigenvalue weighted by molar-refractivity contribution is 0.567. The van der Waals surface area contributed by atoms with Crippen molar-refractivity contribution in [1.82, 2.24) is 9.97 Å². The topological polar surface area (TPSA) is 57.8 Å². The van der Waals surface area contributed by atoms with Gasteiger partial charge in [-0.25, -0.2) is 4.98 Å². The molecule has 2 N–H and O–H groups in total. The normalized spacial score (nSPS) is 12.7. The Labute approximate surface area is 143 Å². The molecule has 2 aromatic heterocycles. The maximum Gasteiger partial charge on any atom is 0.249 e. The van der Waals surface area contributed by atoms with Crippen LogP contribution in [0, 0.1) is 0 Å². The SMILES string of the molecule is C=C/C(=C\C=C/CC)CC(C)(C)Nc1ccnc2[nH]c(=O)ccc12. The van der Waals surface area contributed by atoms with Crippen molar-refractivity contribution in [3.8, 4) is 0 Å². The van der Waals surface area contributed by atoms with Crippen LogP contribution in [-0.4, -0.2) is 15.5 Å².